The first-order chi connectivity index (χ1) is 9.71. The van der Waals surface area contributed by atoms with Crippen molar-refractivity contribution in [3.8, 4) is 11.5 Å². The van der Waals surface area contributed by atoms with Crippen LogP contribution in [0.25, 0.3) is 0 Å². The number of hydrogen-bond acceptors (Lipinski definition) is 6. The lowest BCUT2D eigenvalue weighted by atomic mass is 9.87. The quantitative estimate of drug-likeness (QED) is 0.588. The number of hydrogen-bond donors (Lipinski definition) is 3. The summed E-state index contributed by atoms with van der Waals surface area (Å²) in [7, 11) is 0. The van der Waals surface area contributed by atoms with Gasteiger partial charge in [0.1, 0.15) is 22.9 Å². The van der Waals surface area contributed by atoms with Crippen LogP contribution in [0.15, 0.2) is 22.6 Å². The fraction of sp³-hybridized carbons (Fsp3) is 0.200. The van der Waals surface area contributed by atoms with Crippen LogP contribution in [0.2, 0.25) is 0 Å². The Kier molecular flexibility index (Phi) is 2.52. The van der Waals surface area contributed by atoms with Gasteiger partial charge in [0.2, 0.25) is 11.6 Å². The highest BCUT2D eigenvalue weighted by Crippen LogP contribution is 2.39. The summed E-state index contributed by atoms with van der Waals surface area (Å²) in [6.45, 7) is 2.91. The zero-order chi connectivity index (χ0) is 15.5. The van der Waals surface area contributed by atoms with E-state index < -0.39 is 28.7 Å². The molecule has 0 saturated heterocycles. The highest BCUT2D eigenvalue weighted by Gasteiger charge is 2.39. The average molecular weight is 288 g/mol. The van der Waals surface area contributed by atoms with Crippen molar-refractivity contribution in [1.29, 1.82) is 0 Å². The molecule has 6 nitrogen and oxygen atoms in total. The minimum Gasteiger partial charge on any atom is -0.507 e. The molecular formula is C15H12O6. The largest absolute Gasteiger partial charge is 0.507 e. The van der Waals surface area contributed by atoms with Crippen molar-refractivity contribution < 1.29 is 29.3 Å². The van der Waals surface area contributed by atoms with Crippen molar-refractivity contribution in [2.24, 2.45) is 0 Å². The van der Waals surface area contributed by atoms with Crippen LogP contribution in [-0.4, -0.2) is 26.9 Å². The summed E-state index contributed by atoms with van der Waals surface area (Å²) in [5, 5.41) is 29.5. The minimum absolute atomic E-state index is 0.0366. The van der Waals surface area contributed by atoms with Crippen LogP contribution in [0.5, 0.6) is 11.5 Å². The maximum Gasteiger partial charge on any atom is 0.233 e. The van der Waals surface area contributed by atoms with E-state index in [1.807, 2.05) is 0 Å². The zero-order valence-electron chi connectivity index (χ0n) is 11.3. The molecule has 21 heavy (non-hydrogen) atoms. The maximum atomic E-state index is 12.4. The molecular weight excluding hydrogens is 276 g/mol. The number of phenols is 2. The van der Waals surface area contributed by atoms with E-state index in [2.05, 4.69) is 0 Å². The van der Waals surface area contributed by atoms with Crippen molar-refractivity contribution in [3.63, 3.8) is 0 Å². The number of benzene rings is 1. The highest BCUT2D eigenvalue weighted by molar-refractivity contribution is 6.29. The van der Waals surface area contributed by atoms with Gasteiger partial charge in [-0.05, 0) is 32.0 Å². The van der Waals surface area contributed by atoms with Crippen LogP contribution < -0.4 is 0 Å². The van der Waals surface area contributed by atoms with Gasteiger partial charge in [-0.2, -0.15) is 0 Å². The van der Waals surface area contributed by atoms with Gasteiger partial charge in [0.25, 0.3) is 0 Å². The molecule has 6 heteroatoms. The topological polar surface area (TPSA) is 108 Å². The number of aliphatic hydroxyl groups is 1. The number of ketones is 2. The number of fused-ring (bicyclic) bond motifs is 2. The van der Waals surface area contributed by atoms with Gasteiger partial charge >= 0.3 is 0 Å². The Balaban J connectivity index is 2.30. The van der Waals surface area contributed by atoms with Crippen LogP contribution in [-0.2, 0) is 5.60 Å². The smallest absolute Gasteiger partial charge is 0.233 e. The van der Waals surface area contributed by atoms with Gasteiger partial charge in [-0.25, -0.2) is 0 Å². The summed E-state index contributed by atoms with van der Waals surface area (Å²) in [5.74, 6) is -2.33. The second-order valence-corrected chi connectivity index (χ2v) is 5.42. The summed E-state index contributed by atoms with van der Waals surface area (Å²) in [4.78, 5) is 24.8. The molecule has 1 aliphatic rings. The molecule has 0 atom stereocenters. The molecule has 1 aromatic heterocycles. The fourth-order valence-corrected chi connectivity index (χ4v) is 2.32. The van der Waals surface area contributed by atoms with Gasteiger partial charge in [0.05, 0.1) is 16.7 Å². The number of rotatable bonds is 1. The fourth-order valence-electron chi connectivity index (χ4n) is 2.32. The van der Waals surface area contributed by atoms with Gasteiger partial charge in [0.15, 0.2) is 5.76 Å². The Morgan fingerprint density at radius 2 is 1.52 bits per heavy atom. The molecule has 0 aliphatic heterocycles. The first-order valence-corrected chi connectivity index (χ1v) is 6.23. The van der Waals surface area contributed by atoms with Gasteiger partial charge < -0.3 is 19.7 Å². The van der Waals surface area contributed by atoms with Gasteiger partial charge in [-0.1, -0.05) is 0 Å². The van der Waals surface area contributed by atoms with Crippen LogP contribution in [0.3, 0.4) is 0 Å². The molecule has 108 valence electrons. The number of carbonyl (C=O) groups excluding carboxylic acids is 2. The van der Waals surface area contributed by atoms with E-state index in [0.717, 1.165) is 12.1 Å². The van der Waals surface area contributed by atoms with E-state index in [0.29, 0.717) is 0 Å². The summed E-state index contributed by atoms with van der Waals surface area (Å²) in [6.07, 6.45) is 0. The monoisotopic (exact) mass is 288 g/mol. The summed E-state index contributed by atoms with van der Waals surface area (Å²) in [6, 6.07) is 3.55. The number of carbonyl (C=O) groups is 2. The normalized spacial score (nSPS) is 14.0. The van der Waals surface area contributed by atoms with E-state index in [-0.39, 0.29) is 28.2 Å². The van der Waals surface area contributed by atoms with Crippen LogP contribution in [0, 0.1) is 0 Å². The van der Waals surface area contributed by atoms with Crippen molar-refractivity contribution >= 4 is 11.6 Å². The number of phenolic OH excluding ortho intramolecular Hbond substituents is 2. The predicted octanol–water partition coefficient (Wildman–Crippen LogP) is 1.69. The molecule has 0 unspecified atom stereocenters. The Labute approximate surface area is 119 Å². The van der Waals surface area contributed by atoms with Crippen LogP contribution in [0.4, 0.5) is 0 Å². The molecule has 1 aromatic carbocycles. The average Bonchev–Trinajstić information content (AvgIpc) is 2.84. The van der Waals surface area contributed by atoms with E-state index in [1.165, 1.54) is 19.9 Å². The molecule has 1 heterocycles. The van der Waals surface area contributed by atoms with Crippen molar-refractivity contribution in [1.82, 2.24) is 0 Å². The lowest BCUT2D eigenvalue weighted by Gasteiger charge is -2.15. The van der Waals surface area contributed by atoms with Gasteiger partial charge in [-0.15, -0.1) is 0 Å². The maximum absolute atomic E-state index is 12.4. The van der Waals surface area contributed by atoms with Gasteiger partial charge in [-0.3, -0.25) is 9.59 Å². The first kappa shape index (κ1) is 13.4. The molecule has 1 aliphatic carbocycles. The Morgan fingerprint density at radius 3 is 2.05 bits per heavy atom. The predicted molar refractivity (Wildman–Crippen MR) is 70.6 cm³/mol. The zero-order valence-corrected chi connectivity index (χ0v) is 11.3. The lowest BCUT2D eigenvalue weighted by molar-refractivity contribution is 0.0526. The second-order valence-electron chi connectivity index (χ2n) is 5.42. The minimum atomic E-state index is -1.37. The molecule has 0 radical (unpaired) electrons. The number of furan rings is 1. The van der Waals surface area contributed by atoms with Crippen molar-refractivity contribution in [2.45, 2.75) is 19.4 Å². The molecule has 0 fully saturated rings. The summed E-state index contributed by atoms with van der Waals surface area (Å²) < 4.78 is 5.29. The second kappa shape index (κ2) is 3.95. The standard InChI is InChI=1S/C15H12O6/c1-15(2,20)9-5-6-12(18)10-7(16)3-4-8(17)11(10)13(19)14(6)21-9/h3-5,16-17,20H,1-2H3. The van der Waals surface area contributed by atoms with Crippen molar-refractivity contribution in [2.75, 3.05) is 0 Å². The molecule has 0 amide bonds. The lowest BCUT2D eigenvalue weighted by Crippen LogP contribution is -2.19. The molecule has 3 rings (SSSR count). The van der Waals surface area contributed by atoms with E-state index in [1.54, 1.807) is 0 Å². The molecule has 3 N–H and O–H groups in total. The molecule has 0 bridgehead atoms. The van der Waals surface area contributed by atoms with E-state index in [4.69, 9.17) is 4.42 Å². The Hall–Kier alpha value is -2.60. The first-order valence-electron chi connectivity index (χ1n) is 6.23. The van der Waals surface area contributed by atoms with Crippen LogP contribution in [0.1, 0.15) is 51.6 Å². The van der Waals surface area contributed by atoms with E-state index >= 15 is 0 Å². The highest BCUT2D eigenvalue weighted by atomic mass is 16.4. The summed E-state index contributed by atoms with van der Waals surface area (Å²) >= 11 is 0. The summed E-state index contributed by atoms with van der Waals surface area (Å²) in [5.41, 5.74) is -1.95. The van der Waals surface area contributed by atoms with Crippen LogP contribution >= 0.6 is 0 Å². The SMILES string of the molecule is CC(C)(O)c1cc2c(o1)C(=O)c1c(O)ccc(O)c1C2=O. The number of aromatic hydroxyl groups is 2. The third-order valence-electron chi connectivity index (χ3n) is 3.40. The Morgan fingerprint density at radius 1 is 1.00 bits per heavy atom. The van der Waals surface area contributed by atoms with E-state index in [9.17, 15) is 24.9 Å². The third kappa shape index (κ3) is 1.76. The third-order valence-corrected chi connectivity index (χ3v) is 3.40. The van der Waals surface area contributed by atoms with Gasteiger partial charge in [0, 0.05) is 0 Å². The molecule has 0 spiro atoms. The Bertz CT molecular complexity index is 733. The van der Waals surface area contributed by atoms with Crippen molar-refractivity contribution in [3.05, 3.63) is 46.4 Å². The molecule has 2 aromatic rings. The molecule has 0 saturated carbocycles.